The van der Waals surface area contributed by atoms with E-state index in [0.29, 0.717) is 12.5 Å². The predicted octanol–water partition coefficient (Wildman–Crippen LogP) is 3.48. The van der Waals surface area contributed by atoms with Crippen LogP contribution in [0.15, 0.2) is 34.5 Å². The molecule has 4 rings (SSSR count). The molecule has 21 heavy (non-hydrogen) atoms. The van der Waals surface area contributed by atoms with E-state index in [9.17, 15) is 4.79 Å². The minimum absolute atomic E-state index is 0.0164. The molecule has 3 heterocycles. The van der Waals surface area contributed by atoms with Gasteiger partial charge in [-0.3, -0.25) is 4.90 Å². The summed E-state index contributed by atoms with van der Waals surface area (Å²) in [5, 5.41) is 8.59. The summed E-state index contributed by atoms with van der Waals surface area (Å²) in [7, 11) is 0. The van der Waals surface area contributed by atoms with Gasteiger partial charge < -0.3 is 4.74 Å². The summed E-state index contributed by atoms with van der Waals surface area (Å²) < 4.78 is 5.61. The largest absolute Gasteiger partial charge is 0.444 e. The Morgan fingerprint density at radius 1 is 1.24 bits per heavy atom. The van der Waals surface area contributed by atoms with E-state index in [-0.39, 0.29) is 24.2 Å². The number of benzene rings is 1. The van der Waals surface area contributed by atoms with Crippen LogP contribution in [0.1, 0.15) is 44.0 Å². The minimum atomic E-state index is -0.484. The van der Waals surface area contributed by atoms with Crippen LogP contribution in [0.4, 0.5) is 4.79 Å². The third-order valence-corrected chi connectivity index (χ3v) is 4.51. The monoisotopic (exact) mass is 285 g/mol. The molecular formula is C16H19N3O2. The van der Waals surface area contributed by atoms with Gasteiger partial charge >= 0.3 is 6.09 Å². The Morgan fingerprint density at radius 3 is 2.57 bits per heavy atom. The molecule has 1 aromatic rings. The molecule has 0 saturated carbocycles. The number of hydrogen-bond acceptors (Lipinski definition) is 4. The molecule has 110 valence electrons. The van der Waals surface area contributed by atoms with Gasteiger partial charge in [0.15, 0.2) is 0 Å². The fraction of sp³-hybridized carbons (Fsp3) is 0.562. The smallest absolute Gasteiger partial charge is 0.411 e. The average molecular weight is 285 g/mol. The zero-order chi connectivity index (χ0) is 14.8. The summed E-state index contributed by atoms with van der Waals surface area (Å²) >= 11 is 0. The van der Waals surface area contributed by atoms with Gasteiger partial charge in [-0.15, -0.1) is 0 Å². The summed E-state index contributed by atoms with van der Waals surface area (Å²) in [4.78, 5) is 14.5. The van der Waals surface area contributed by atoms with Gasteiger partial charge in [0.25, 0.3) is 0 Å². The van der Waals surface area contributed by atoms with Gasteiger partial charge in [0.05, 0.1) is 18.6 Å². The quantitative estimate of drug-likeness (QED) is 0.732. The van der Waals surface area contributed by atoms with Gasteiger partial charge in [-0.2, -0.15) is 10.2 Å². The Bertz CT molecular complexity index is 635. The van der Waals surface area contributed by atoms with E-state index >= 15 is 0 Å². The predicted molar refractivity (Wildman–Crippen MR) is 77.0 cm³/mol. The molecule has 0 N–H and O–H groups in total. The van der Waals surface area contributed by atoms with Crippen LogP contribution in [0, 0.1) is 5.92 Å². The van der Waals surface area contributed by atoms with Crippen LogP contribution in [-0.2, 0) is 4.74 Å². The highest BCUT2D eigenvalue weighted by Crippen LogP contribution is 2.59. The summed E-state index contributed by atoms with van der Waals surface area (Å²) in [5.74, 6) is 0.303. The fourth-order valence-corrected chi connectivity index (χ4v) is 3.86. The van der Waals surface area contributed by atoms with Gasteiger partial charge in [-0.05, 0) is 31.9 Å². The Morgan fingerprint density at radius 2 is 1.90 bits per heavy atom. The van der Waals surface area contributed by atoms with Crippen molar-refractivity contribution in [3.05, 3.63) is 35.4 Å². The number of azo groups is 1. The maximum Gasteiger partial charge on any atom is 0.411 e. The number of ether oxygens (including phenoxy) is 1. The lowest BCUT2D eigenvalue weighted by atomic mass is 9.81. The van der Waals surface area contributed by atoms with Crippen LogP contribution in [0.2, 0.25) is 0 Å². The first-order valence-corrected chi connectivity index (χ1v) is 7.44. The van der Waals surface area contributed by atoms with Gasteiger partial charge in [0, 0.05) is 5.92 Å². The number of hydrogen-bond donors (Lipinski definition) is 0. The molecule has 1 saturated heterocycles. The van der Waals surface area contributed by atoms with E-state index in [0.717, 1.165) is 0 Å². The van der Waals surface area contributed by atoms with Crippen LogP contribution in [0.3, 0.4) is 0 Å². The topological polar surface area (TPSA) is 54.3 Å². The second-order valence-corrected chi connectivity index (χ2v) is 7.00. The lowest BCUT2D eigenvalue weighted by molar-refractivity contribution is 0.0159. The van der Waals surface area contributed by atoms with Gasteiger partial charge in [0.1, 0.15) is 11.6 Å². The second kappa shape index (κ2) is 4.06. The van der Waals surface area contributed by atoms with Crippen molar-refractivity contribution in [1.29, 1.82) is 0 Å². The zero-order valence-electron chi connectivity index (χ0n) is 12.5. The molecule has 5 nitrogen and oxygen atoms in total. The second-order valence-electron chi connectivity index (χ2n) is 7.00. The first-order chi connectivity index (χ1) is 9.97. The lowest BCUT2D eigenvalue weighted by Crippen LogP contribution is -2.36. The summed E-state index contributed by atoms with van der Waals surface area (Å²) in [6.07, 6.45) is -0.238. The normalized spacial score (nSPS) is 32.2. The van der Waals surface area contributed by atoms with Crippen molar-refractivity contribution >= 4 is 6.09 Å². The summed E-state index contributed by atoms with van der Waals surface area (Å²) in [5.41, 5.74) is 1.96. The minimum Gasteiger partial charge on any atom is -0.444 e. The molecular weight excluding hydrogens is 266 g/mol. The maximum atomic E-state index is 12.7. The van der Waals surface area contributed by atoms with Crippen molar-refractivity contribution in [2.75, 3.05) is 6.54 Å². The molecule has 1 aromatic carbocycles. The molecule has 0 radical (unpaired) electrons. The lowest BCUT2D eigenvalue weighted by Gasteiger charge is -2.28. The number of fused-ring (bicyclic) bond motifs is 8. The number of carbonyl (C=O) groups excluding carboxylic acids is 1. The average Bonchev–Trinajstić information content (AvgIpc) is 3.05. The van der Waals surface area contributed by atoms with E-state index in [1.54, 1.807) is 0 Å². The van der Waals surface area contributed by atoms with Crippen molar-refractivity contribution in [3.63, 3.8) is 0 Å². The molecule has 0 unspecified atom stereocenters. The van der Waals surface area contributed by atoms with Crippen LogP contribution in [0.5, 0.6) is 0 Å². The first kappa shape index (κ1) is 12.8. The highest BCUT2D eigenvalue weighted by atomic mass is 16.6. The zero-order valence-corrected chi connectivity index (χ0v) is 12.5. The maximum absolute atomic E-state index is 12.7. The summed E-state index contributed by atoms with van der Waals surface area (Å²) in [6, 6.07) is 8.41. The highest BCUT2D eigenvalue weighted by molar-refractivity contribution is 5.73. The van der Waals surface area contributed by atoms with E-state index in [1.807, 2.05) is 37.8 Å². The third-order valence-electron chi connectivity index (χ3n) is 4.51. The number of nitrogens with zero attached hydrogens (tertiary/aromatic N) is 3. The van der Waals surface area contributed by atoms with Crippen LogP contribution < -0.4 is 0 Å². The number of carbonyl (C=O) groups is 1. The molecule has 3 aliphatic heterocycles. The Labute approximate surface area is 124 Å². The van der Waals surface area contributed by atoms with E-state index in [4.69, 9.17) is 4.74 Å². The van der Waals surface area contributed by atoms with E-state index < -0.39 is 5.60 Å². The number of amides is 1. The van der Waals surface area contributed by atoms with Gasteiger partial charge in [-0.1, -0.05) is 24.3 Å². The highest BCUT2D eigenvalue weighted by Gasteiger charge is 2.60. The first-order valence-electron chi connectivity index (χ1n) is 7.44. The van der Waals surface area contributed by atoms with Crippen molar-refractivity contribution < 1.29 is 9.53 Å². The Hall–Kier alpha value is -1.91. The number of rotatable bonds is 0. The van der Waals surface area contributed by atoms with Crippen molar-refractivity contribution in [2.24, 2.45) is 16.1 Å². The Balaban J connectivity index is 1.74. The van der Waals surface area contributed by atoms with E-state index in [1.165, 1.54) is 11.1 Å². The molecule has 4 atom stereocenters. The molecule has 5 heteroatoms. The third kappa shape index (κ3) is 1.73. The molecule has 1 amide bonds. The van der Waals surface area contributed by atoms with E-state index in [2.05, 4.69) is 22.4 Å². The van der Waals surface area contributed by atoms with Crippen molar-refractivity contribution in [3.8, 4) is 0 Å². The molecule has 1 fully saturated rings. The van der Waals surface area contributed by atoms with Crippen LogP contribution in [0.25, 0.3) is 0 Å². The van der Waals surface area contributed by atoms with Crippen molar-refractivity contribution in [2.45, 2.75) is 44.5 Å². The Kier molecular flexibility index (Phi) is 2.47. The SMILES string of the molecule is CC(C)(C)OC(=O)N1[C@@H]2c3ccccc3[C@H]1[C@@H]1CN=N[C@@H]12. The standard InChI is InChI=1S/C16H19N3O2/c1-16(2,3)21-15(20)19-13-9-6-4-5-7-10(9)14(19)12-11(13)8-17-18-12/h4-7,11-14H,8H2,1-3H3/t11-,12+,13+,14-/m1/s1. The van der Waals surface area contributed by atoms with Crippen LogP contribution >= 0.6 is 0 Å². The molecule has 0 aliphatic carbocycles. The molecule has 0 spiro atoms. The van der Waals surface area contributed by atoms with Gasteiger partial charge in [0.2, 0.25) is 0 Å². The molecule has 0 aromatic heterocycles. The summed E-state index contributed by atoms with van der Waals surface area (Å²) in [6.45, 7) is 6.41. The van der Waals surface area contributed by atoms with Crippen LogP contribution in [-0.4, -0.2) is 29.2 Å². The van der Waals surface area contributed by atoms with Gasteiger partial charge in [-0.25, -0.2) is 4.79 Å². The fourth-order valence-electron chi connectivity index (χ4n) is 3.86. The molecule has 2 bridgehead atoms. The molecule has 3 aliphatic rings. The van der Waals surface area contributed by atoms with Crippen molar-refractivity contribution in [1.82, 2.24) is 4.90 Å².